The summed E-state index contributed by atoms with van der Waals surface area (Å²) in [5.41, 5.74) is 2.67. The van der Waals surface area contributed by atoms with E-state index < -0.39 is 0 Å². The van der Waals surface area contributed by atoms with Gasteiger partial charge >= 0.3 is 0 Å². The van der Waals surface area contributed by atoms with E-state index >= 15 is 0 Å². The molecule has 9 heteroatoms. The molecule has 0 radical (unpaired) electrons. The van der Waals surface area contributed by atoms with Gasteiger partial charge < -0.3 is 14.4 Å². The van der Waals surface area contributed by atoms with E-state index in [0.717, 1.165) is 30.0 Å². The molecule has 8 nitrogen and oxygen atoms in total. The molecule has 0 unspecified atom stereocenters. The maximum absolute atomic E-state index is 14.0. The topological polar surface area (TPSA) is 72.2 Å². The minimum Gasteiger partial charge on any atom is -0.495 e. The number of aromatic nitrogens is 3. The Hall–Kier alpha value is -3.17. The zero-order chi connectivity index (χ0) is 23.5. The number of carbonyl (C=O) groups excluding carboxylic acids is 1. The molecule has 1 amide bonds. The van der Waals surface area contributed by atoms with Crippen LogP contribution in [0.3, 0.4) is 0 Å². The molecule has 0 atom stereocenters. The van der Waals surface area contributed by atoms with Gasteiger partial charge in [0, 0.05) is 19.3 Å². The van der Waals surface area contributed by atoms with Gasteiger partial charge in [-0.3, -0.25) is 14.1 Å². The Morgan fingerprint density at radius 3 is 2.45 bits per heavy atom. The molecule has 0 saturated carbocycles. The number of fused-ring (bicyclic) bond motifs is 2. The number of pyridine rings is 1. The second-order valence-corrected chi connectivity index (χ2v) is 8.58. The van der Waals surface area contributed by atoms with Gasteiger partial charge in [0.2, 0.25) is 0 Å². The number of likely N-dealkylation sites (N-methyl/N-ethyl adjacent to an activating group) is 1. The standard InChI is InChI=1S/C24H29N5O3S/c1-6-27(7-2)14-15-29(23(30)21-16(3)25-19-10-8-9-13-28(19)21)24-26-20-17(31-4)11-12-18(32-5)22(20)33-24/h8-13H,6-7,14-15H2,1-5H3. The summed E-state index contributed by atoms with van der Waals surface area (Å²) in [4.78, 5) is 27.4. The highest BCUT2D eigenvalue weighted by atomic mass is 32.1. The molecule has 0 fully saturated rings. The number of ether oxygens (including phenoxy) is 2. The van der Waals surface area contributed by atoms with Crippen LogP contribution >= 0.6 is 11.3 Å². The van der Waals surface area contributed by atoms with Gasteiger partial charge in [-0.2, -0.15) is 0 Å². The molecule has 33 heavy (non-hydrogen) atoms. The molecule has 0 spiro atoms. The molecule has 3 heterocycles. The van der Waals surface area contributed by atoms with Crippen LogP contribution in [0.2, 0.25) is 0 Å². The molecule has 3 aromatic heterocycles. The molecule has 0 saturated heterocycles. The van der Waals surface area contributed by atoms with Gasteiger partial charge in [-0.1, -0.05) is 31.3 Å². The van der Waals surface area contributed by atoms with Crippen molar-refractivity contribution in [3.05, 3.63) is 47.9 Å². The minimum atomic E-state index is -0.129. The predicted molar refractivity (Wildman–Crippen MR) is 132 cm³/mol. The highest BCUT2D eigenvalue weighted by Gasteiger charge is 2.27. The molecular formula is C24H29N5O3S. The van der Waals surface area contributed by atoms with E-state index in [2.05, 4.69) is 23.7 Å². The molecule has 174 valence electrons. The molecule has 0 bridgehead atoms. The van der Waals surface area contributed by atoms with Crippen molar-refractivity contribution in [3.8, 4) is 11.5 Å². The number of rotatable bonds is 9. The number of benzene rings is 1. The van der Waals surface area contributed by atoms with Crippen LogP contribution in [0, 0.1) is 6.92 Å². The molecule has 4 rings (SSSR count). The third-order valence-electron chi connectivity index (χ3n) is 5.82. The normalized spacial score (nSPS) is 11.5. The number of thiazole rings is 1. The fraction of sp³-hybridized carbons (Fsp3) is 0.375. The van der Waals surface area contributed by atoms with Gasteiger partial charge in [0.25, 0.3) is 5.91 Å². The zero-order valence-electron chi connectivity index (χ0n) is 19.7. The van der Waals surface area contributed by atoms with E-state index in [1.807, 2.05) is 47.9 Å². The average molecular weight is 468 g/mol. The summed E-state index contributed by atoms with van der Waals surface area (Å²) in [6.07, 6.45) is 1.87. The van der Waals surface area contributed by atoms with E-state index in [-0.39, 0.29) is 5.91 Å². The number of hydrogen-bond donors (Lipinski definition) is 0. The summed E-state index contributed by atoms with van der Waals surface area (Å²) in [5, 5.41) is 0.607. The SMILES string of the molecule is CCN(CC)CCN(C(=O)c1c(C)nc2ccccn12)c1nc2c(OC)ccc(OC)c2s1. The number of anilines is 1. The first-order valence-electron chi connectivity index (χ1n) is 11.0. The maximum atomic E-state index is 14.0. The van der Waals surface area contributed by atoms with Crippen molar-refractivity contribution >= 4 is 38.2 Å². The van der Waals surface area contributed by atoms with Gasteiger partial charge in [-0.15, -0.1) is 0 Å². The molecule has 0 aliphatic rings. The summed E-state index contributed by atoms with van der Waals surface area (Å²) >= 11 is 1.43. The number of hydrogen-bond acceptors (Lipinski definition) is 7. The highest BCUT2D eigenvalue weighted by molar-refractivity contribution is 7.22. The van der Waals surface area contributed by atoms with E-state index in [1.165, 1.54) is 11.3 Å². The van der Waals surface area contributed by atoms with Gasteiger partial charge in [0.1, 0.15) is 33.1 Å². The lowest BCUT2D eigenvalue weighted by molar-refractivity contribution is 0.0977. The highest BCUT2D eigenvalue weighted by Crippen LogP contribution is 2.40. The van der Waals surface area contributed by atoms with Crippen molar-refractivity contribution in [1.82, 2.24) is 19.3 Å². The van der Waals surface area contributed by atoms with Crippen LogP contribution in [-0.2, 0) is 0 Å². The Morgan fingerprint density at radius 1 is 1.03 bits per heavy atom. The number of imidazole rings is 1. The molecule has 0 N–H and O–H groups in total. The third kappa shape index (κ3) is 4.26. The summed E-state index contributed by atoms with van der Waals surface area (Å²) in [7, 11) is 3.25. The Balaban J connectivity index is 1.83. The second kappa shape index (κ2) is 9.76. The van der Waals surface area contributed by atoms with Crippen molar-refractivity contribution in [2.75, 3.05) is 45.3 Å². The van der Waals surface area contributed by atoms with Crippen molar-refractivity contribution in [2.24, 2.45) is 0 Å². The van der Waals surface area contributed by atoms with Crippen LogP contribution in [-0.4, -0.2) is 65.6 Å². The summed E-state index contributed by atoms with van der Waals surface area (Å²) in [5.74, 6) is 1.22. The van der Waals surface area contributed by atoms with Crippen LogP contribution in [0.1, 0.15) is 30.0 Å². The molecule has 0 aliphatic heterocycles. The zero-order valence-corrected chi connectivity index (χ0v) is 20.5. The van der Waals surface area contributed by atoms with Gasteiger partial charge in [0.05, 0.1) is 19.9 Å². The first-order valence-corrected chi connectivity index (χ1v) is 11.8. The Morgan fingerprint density at radius 2 is 1.76 bits per heavy atom. The fourth-order valence-electron chi connectivity index (χ4n) is 3.95. The number of carbonyl (C=O) groups is 1. The van der Waals surface area contributed by atoms with Crippen LogP contribution in [0.5, 0.6) is 11.5 Å². The van der Waals surface area contributed by atoms with Crippen molar-refractivity contribution < 1.29 is 14.3 Å². The molecular weight excluding hydrogens is 438 g/mol. The van der Waals surface area contributed by atoms with Gasteiger partial charge in [0.15, 0.2) is 5.13 Å². The smallest absolute Gasteiger partial charge is 0.279 e. The lowest BCUT2D eigenvalue weighted by Gasteiger charge is -2.24. The quantitative estimate of drug-likeness (QED) is 0.366. The fourth-order valence-corrected chi connectivity index (χ4v) is 5.05. The van der Waals surface area contributed by atoms with Gasteiger partial charge in [-0.25, -0.2) is 9.97 Å². The van der Waals surface area contributed by atoms with Crippen LogP contribution in [0.25, 0.3) is 15.9 Å². The second-order valence-electron chi connectivity index (χ2n) is 7.60. The van der Waals surface area contributed by atoms with Crippen molar-refractivity contribution in [2.45, 2.75) is 20.8 Å². The Bertz CT molecular complexity index is 1240. The van der Waals surface area contributed by atoms with E-state index in [4.69, 9.17) is 14.5 Å². The minimum absolute atomic E-state index is 0.129. The maximum Gasteiger partial charge on any atom is 0.279 e. The average Bonchev–Trinajstić information content (AvgIpc) is 3.41. The first-order chi connectivity index (χ1) is 16.0. The number of methoxy groups -OCH3 is 2. The number of nitrogens with zero attached hydrogens (tertiary/aromatic N) is 5. The van der Waals surface area contributed by atoms with Crippen molar-refractivity contribution in [3.63, 3.8) is 0 Å². The molecule has 1 aromatic carbocycles. The number of amides is 1. The summed E-state index contributed by atoms with van der Waals surface area (Å²) in [6, 6.07) is 9.41. The summed E-state index contributed by atoms with van der Waals surface area (Å²) < 4.78 is 13.8. The first kappa shape index (κ1) is 23.0. The monoisotopic (exact) mass is 467 g/mol. The van der Waals surface area contributed by atoms with E-state index in [1.54, 1.807) is 19.1 Å². The van der Waals surface area contributed by atoms with E-state index in [0.29, 0.717) is 40.1 Å². The lowest BCUT2D eigenvalue weighted by atomic mass is 10.3. The molecule has 0 aliphatic carbocycles. The third-order valence-corrected chi connectivity index (χ3v) is 6.91. The van der Waals surface area contributed by atoms with Crippen LogP contribution in [0.15, 0.2) is 36.5 Å². The Labute approximate surface area is 197 Å². The van der Waals surface area contributed by atoms with E-state index in [9.17, 15) is 4.79 Å². The predicted octanol–water partition coefficient (Wildman–Crippen LogP) is 4.26. The largest absolute Gasteiger partial charge is 0.495 e. The Kier molecular flexibility index (Phi) is 6.80. The lowest BCUT2D eigenvalue weighted by Crippen LogP contribution is -2.39. The number of aryl methyl sites for hydroxylation is 1. The van der Waals surface area contributed by atoms with Gasteiger partial charge in [-0.05, 0) is 44.3 Å². The van der Waals surface area contributed by atoms with Crippen molar-refractivity contribution in [1.29, 1.82) is 0 Å². The summed E-state index contributed by atoms with van der Waals surface area (Å²) in [6.45, 7) is 9.18. The van der Waals surface area contributed by atoms with Crippen LogP contribution in [0.4, 0.5) is 5.13 Å². The van der Waals surface area contributed by atoms with Crippen LogP contribution < -0.4 is 14.4 Å². The molecule has 4 aromatic rings.